The largest absolute Gasteiger partial charge is 0.416 e. The van der Waals surface area contributed by atoms with E-state index in [1.54, 1.807) is 22.8 Å². The number of amides is 1. The number of fused-ring (bicyclic) bond motifs is 1. The van der Waals surface area contributed by atoms with Gasteiger partial charge in [0.05, 0.1) is 16.3 Å². The van der Waals surface area contributed by atoms with Crippen LogP contribution in [0, 0.1) is 0 Å². The molecule has 3 rings (SSSR count). The van der Waals surface area contributed by atoms with Crippen LogP contribution in [-0.4, -0.2) is 16.8 Å². The minimum Gasteiger partial charge on any atom is -0.337 e. The van der Waals surface area contributed by atoms with Gasteiger partial charge < -0.3 is 9.88 Å². The first kappa shape index (κ1) is 19.4. The lowest BCUT2D eigenvalue weighted by atomic mass is 10.2. The molecule has 0 spiro atoms. The van der Waals surface area contributed by atoms with Crippen LogP contribution in [0.1, 0.15) is 15.9 Å². The quantitative estimate of drug-likeness (QED) is 0.522. The number of hydrogen-bond donors (Lipinski definition) is 1. The van der Waals surface area contributed by atoms with Crippen molar-refractivity contribution in [3.05, 3.63) is 63.2 Å². The van der Waals surface area contributed by atoms with E-state index in [-0.39, 0.29) is 17.3 Å². The molecule has 0 radical (unpaired) electrons. The highest BCUT2D eigenvalue weighted by Crippen LogP contribution is 2.34. The fraction of sp³-hybridized carbons (Fsp3) is 0.111. The van der Waals surface area contributed by atoms with Crippen LogP contribution in [0.25, 0.3) is 10.9 Å². The summed E-state index contributed by atoms with van der Waals surface area (Å²) in [7, 11) is 0. The topological polar surface area (TPSA) is 51.1 Å². The second-order valence-electron chi connectivity index (χ2n) is 5.73. The Hall–Kier alpha value is -2.32. The van der Waals surface area contributed by atoms with E-state index in [2.05, 4.69) is 21.2 Å². The van der Waals surface area contributed by atoms with Crippen molar-refractivity contribution in [2.45, 2.75) is 12.7 Å². The first-order valence-corrected chi connectivity index (χ1v) is 8.76. The molecule has 0 fully saturated rings. The smallest absolute Gasteiger partial charge is 0.337 e. The number of anilines is 1. The first-order chi connectivity index (χ1) is 12.7. The number of nitrogens with zero attached hydrogens (tertiary/aromatic N) is 1. The molecule has 3 aromatic rings. The van der Waals surface area contributed by atoms with Crippen LogP contribution >= 0.6 is 27.5 Å². The fourth-order valence-corrected chi connectivity index (χ4v) is 3.19. The maximum absolute atomic E-state index is 12.8. The molecule has 2 aromatic carbocycles. The molecule has 1 amide bonds. The summed E-state index contributed by atoms with van der Waals surface area (Å²) >= 11 is 9.21. The highest BCUT2D eigenvalue weighted by molar-refractivity contribution is 9.10. The zero-order valence-electron chi connectivity index (χ0n) is 13.5. The van der Waals surface area contributed by atoms with Crippen LogP contribution in [0.5, 0.6) is 0 Å². The van der Waals surface area contributed by atoms with Crippen molar-refractivity contribution >= 4 is 56.3 Å². The number of aldehydes is 1. The van der Waals surface area contributed by atoms with Crippen molar-refractivity contribution < 1.29 is 22.8 Å². The van der Waals surface area contributed by atoms with Gasteiger partial charge in [-0.3, -0.25) is 9.59 Å². The molecule has 1 N–H and O–H groups in total. The molecule has 0 aliphatic carbocycles. The molecule has 0 aliphatic heterocycles. The lowest BCUT2D eigenvalue weighted by molar-refractivity contribution is -0.137. The number of rotatable bonds is 4. The number of halogens is 5. The Morgan fingerprint density at radius 2 is 1.96 bits per heavy atom. The van der Waals surface area contributed by atoms with Gasteiger partial charge in [0.1, 0.15) is 6.54 Å². The number of carbonyl (C=O) groups excluding carboxylic acids is 2. The highest BCUT2D eigenvalue weighted by atomic mass is 79.9. The van der Waals surface area contributed by atoms with Gasteiger partial charge in [0, 0.05) is 27.1 Å². The minimum absolute atomic E-state index is 0.00812. The molecule has 0 unspecified atom stereocenters. The van der Waals surface area contributed by atoms with Crippen LogP contribution < -0.4 is 5.32 Å². The Balaban J connectivity index is 1.87. The maximum Gasteiger partial charge on any atom is 0.416 e. The van der Waals surface area contributed by atoms with E-state index in [0.29, 0.717) is 22.8 Å². The summed E-state index contributed by atoms with van der Waals surface area (Å²) in [6.45, 7) is -0.196. The zero-order valence-corrected chi connectivity index (χ0v) is 15.8. The van der Waals surface area contributed by atoms with Gasteiger partial charge in [-0.2, -0.15) is 13.2 Å². The number of alkyl halides is 3. The van der Waals surface area contributed by atoms with Gasteiger partial charge in [-0.1, -0.05) is 27.5 Å². The number of benzene rings is 2. The molecule has 0 bridgehead atoms. The van der Waals surface area contributed by atoms with Gasteiger partial charge in [-0.15, -0.1) is 0 Å². The Morgan fingerprint density at radius 1 is 1.22 bits per heavy atom. The molecule has 0 saturated carbocycles. The predicted molar refractivity (Wildman–Crippen MR) is 100 cm³/mol. The summed E-state index contributed by atoms with van der Waals surface area (Å²) in [5.74, 6) is -0.575. The van der Waals surface area contributed by atoms with Crippen molar-refractivity contribution in [1.29, 1.82) is 0 Å². The SMILES string of the molecule is O=Cc1cn(CC(=O)Nc2cc(C(F)(F)F)ccc2Cl)c2ccc(Br)cc12. The summed E-state index contributed by atoms with van der Waals surface area (Å²) in [5, 5.41) is 3.03. The number of carbonyl (C=O) groups is 2. The lowest BCUT2D eigenvalue weighted by Crippen LogP contribution is -2.19. The van der Waals surface area contributed by atoms with Crippen molar-refractivity contribution in [1.82, 2.24) is 4.57 Å². The normalized spacial score (nSPS) is 11.6. The van der Waals surface area contributed by atoms with E-state index in [1.807, 2.05) is 0 Å². The standard InChI is InChI=1S/C18H11BrClF3N2O2/c19-12-2-4-16-13(6-12)10(9-26)7-25(16)8-17(27)24-15-5-11(18(21,22)23)1-3-14(15)20/h1-7,9H,8H2,(H,24,27). The number of aromatic nitrogens is 1. The summed E-state index contributed by atoms with van der Waals surface area (Å²) in [6.07, 6.45) is -2.36. The molecule has 1 aromatic heterocycles. The second kappa shape index (κ2) is 7.36. The third-order valence-electron chi connectivity index (χ3n) is 3.88. The van der Waals surface area contributed by atoms with Gasteiger partial charge in [0.2, 0.25) is 5.91 Å². The summed E-state index contributed by atoms with van der Waals surface area (Å²) < 4.78 is 40.8. The van der Waals surface area contributed by atoms with Gasteiger partial charge in [-0.25, -0.2) is 0 Å². The summed E-state index contributed by atoms with van der Waals surface area (Å²) in [6, 6.07) is 7.93. The Morgan fingerprint density at radius 3 is 2.63 bits per heavy atom. The van der Waals surface area contributed by atoms with Crippen LogP contribution in [0.3, 0.4) is 0 Å². The molecule has 0 saturated heterocycles. The lowest BCUT2D eigenvalue weighted by Gasteiger charge is -2.12. The average Bonchev–Trinajstić information content (AvgIpc) is 2.92. The van der Waals surface area contributed by atoms with Crippen molar-refractivity contribution in [2.24, 2.45) is 0 Å². The van der Waals surface area contributed by atoms with Crippen LogP contribution in [-0.2, 0) is 17.5 Å². The number of hydrogen-bond acceptors (Lipinski definition) is 2. The Bertz CT molecular complexity index is 1050. The molecule has 9 heteroatoms. The van der Waals surface area contributed by atoms with Gasteiger partial charge in [0.15, 0.2) is 6.29 Å². The Labute approximate surface area is 165 Å². The molecular formula is C18H11BrClF3N2O2. The van der Waals surface area contributed by atoms with E-state index >= 15 is 0 Å². The molecule has 27 heavy (non-hydrogen) atoms. The first-order valence-electron chi connectivity index (χ1n) is 7.59. The third kappa shape index (κ3) is 4.17. The average molecular weight is 460 g/mol. The van der Waals surface area contributed by atoms with E-state index in [0.717, 1.165) is 22.7 Å². The van der Waals surface area contributed by atoms with Gasteiger partial charge >= 0.3 is 6.18 Å². The van der Waals surface area contributed by atoms with Crippen LogP contribution in [0.4, 0.5) is 18.9 Å². The second-order valence-corrected chi connectivity index (χ2v) is 7.06. The molecule has 0 aliphatic rings. The molecule has 1 heterocycles. The molecule has 0 atom stereocenters. The third-order valence-corrected chi connectivity index (χ3v) is 4.71. The molecule has 140 valence electrons. The molecule has 4 nitrogen and oxygen atoms in total. The van der Waals surface area contributed by atoms with Crippen LogP contribution in [0.15, 0.2) is 47.1 Å². The minimum atomic E-state index is -4.55. The van der Waals surface area contributed by atoms with Crippen molar-refractivity contribution in [3.63, 3.8) is 0 Å². The zero-order chi connectivity index (χ0) is 19.8. The fourth-order valence-electron chi connectivity index (χ4n) is 2.66. The van der Waals surface area contributed by atoms with Crippen molar-refractivity contribution in [3.8, 4) is 0 Å². The van der Waals surface area contributed by atoms with Crippen molar-refractivity contribution in [2.75, 3.05) is 5.32 Å². The molecular weight excluding hydrogens is 449 g/mol. The number of nitrogens with one attached hydrogen (secondary N) is 1. The highest BCUT2D eigenvalue weighted by Gasteiger charge is 2.31. The van der Waals surface area contributed by atoms with Gasteiger partial charge in [0.25, 0.3) is 0 Å². The van der Waals surface area contributed by atoms with E-state index in [4.69, 9.17) is 11.6 Å². The maximum atomic E-state index is 12.8. The monoisotopic (exact) mass is 458 g/mol. The van der Waals surface area contributed by atoms with Gasteiger partial charge in [-0.05, 0) is 36.4 Å². The van der Waals surface area contributed by atoms with E-state index in [9.17, 15) is 22.8 Å². The van der Waals surface area contributed by atoms with Crippen LogP contribution in [0.2, 0.25) is 5.02 Å². The van der Waals surface area contributed by atoms with E-state index in [1.165, 1.54) is 6.20 Å². The predicted octanol–water partition coefficient (Wildman–Crippen LogP) is 5.53. The summed E-state index contributed by atoms with van der Waals surface area (Å²) in [5.41, 5.74) is -0.00481. The summed E-state index contributed by atoms with van der Waals surface area (Å²) in [4.78, 5) is 23.6. The van der Waals surface area contributed by atoms with E-state index < -0.39 is 17.6 Å². The Kier molecular flexibility index (Phi) is 5.30.